The number of aliphatic hydroxyl groups is 2. The van der Waals surface area contributed by atoms with Gasteiger partial charge in [-0.2, -0.15) is 0 Å². The number of aryl methyl sites for hydroxylation is 1. The number of nitrogens with one attached hydrogen (secondary N) is 2. The molecule has 4 N–H and O–H groups in total. The van der Waals surface area contributed by atoms with Gasteiger partial charge in [-0.25, -0.2) is 0 Å². The van der Waals surface area contributed by atoms with E-state index in [-0.39, 0.29) is 37.2 Å². The lowest BCUT2D eigenvalue weighted by Gasteiger charge is -2.42. The minimum Gasteiger partial charge on any atom is -0.492 e. The molecule has 0 saturated carbocycles. The Hall–Kier alpha value is -4.33. The fourth-order valence-corrected chi connectivity index (χ4v) is 8.12. The molecule has 308 valence electrons. The van der Waals surface area contributed by atoms with Crippen LogP contribution in [-0.2, 0) is 38.4 Å². The molecule has 3 aromatic rings. The Balaban J connectivity index is 1.12. The molecule has 3 amide bonds. The Labute approximate surface area is 337 Å². The predicted octanol–water partition coefficient (Wildman–Crippen LogP) is 3.14. The van der Waals surface area contributed by atoms with Crippen molar-refractivity contribution in [3.05, 3.63) is 101 Å². The van der Waals surface area contributed by atoms with E-state index in [9.17, 15) is 24.6 Å². The van der Waals surface area contributed by atoms with Gasteiger partial charge in [0.2, 0.25) is 17.7 Å². The Morgan fingerprint density at radius 3 is 2.37 bits per heavy atom. The smallest absolute Gasteiger partial charge is 0.239 e. The van der Waals surface area contributed by atoms with Crippen LogP contribution in [0.15, 0.2) is 78.9 Å². The van der Waals surface area contributed by atoms with E-state index in [0.29, 0.717) is 45.4 Å². The van der Waals surface area contributed by atoms with Crippen LogP contribution < -0.4 is 15.4 Å². The molecule has 2 aliphatic heterocycles. The molecule has 0 bridgehead atoms. The van der Waals surface area contributed by atoms with E-state index < -0.39 is 35.7 Å². The zero-order chi connectivity index (χ0) is 40.4. The molecule has 2 fully saturated rings. The number of rotatable bonds is 16. The molecule has 3 aliphatic rings. The second kappa shape index (κ2) is 19.9. The van der Waals surface area contributed by atoms with Gasteiger partial charge in [0, 0.05) is 70.1 Å². The first kappa shape index (κ1) is 42.3. The van der Waals surface area contributed by atoms with Gasteiger partial charge in [-0.3, -0.25) is 24.2 Å². The molecule has 12 heteroatoms. The van der Waals surface area contributed by atoms with Gasteiger partial charge in [-0.05, 0) is 74.4 Å². The molecule has 6 rings (SSSR count). The lowest BCUT2D eigenvalue weighted by atomic mass is 9.91. The van der Waals surface area contributed by atoms with Crippen molar-refractivity contribution in [2.75, 3.05) is 65.6 Å². The fourth-order valence-electron chi connectivity index (χ4n) is 8.12. The van der Waals surface area contributed by atoms with Crippen LogP contribution in [0.3, 0.4) is 0 Å². The highest BCUT2D eigenvalue weighted by atomic mass is 16.5. The van der Waals surface area contributed by atoms with Gasteiger partial charge < -0.3 is 35.2 Å². The number of fused-ring (bicyclic) bond motifs is 1. The molecule has 1 aliphatic carbocycles. The van der Waals surface area contributed by atoms with Crippen LogP contribution in [0.5, 0.6) is 5.75 Å². The van der Waals surface area contributed by atoms with E-state index in [0.717, 1.165) is 60.9 Å². The van der Waals surface area contributed by atoms with Gasteiger partial charge in [0.25, 0.3) is 0 Å². The first-order valence-electron chi connectivity index (χ1n) is 20.6. The maximum absolute atomic E-state index is 14.2. The van der Waals surface area contributed by atoms with Crippen LogP contribution in [0.1, 0.15) is 61.9 Å². The monoisotopic (exact) mass is 783 g/mol. The summed E-state index contributed by atoms with van der Waals surface area (Å²) in [6, 6.07) is 24.2. The van der Waals surface area contributed by atoms with Gasteiger partial charge in [-0.1, -0.05) is 66.7 Å². The maximum Gasteiger partial charge on any atom is 0.239 e. The average Bonchev–Trinajstić information content (AvgIpc) is 3.51. The van der Waals surface area contributed by atoms with E-state index >= 15 is 0 Å². The highest BCUT2D eigenvalue weighted by Gasteiger charge is 2.38. The third-order valence-electron chi connectivity index (χ3n) is 11.2. The fraction of sp³-hybridized carbons (Fsp3) is 0.533. The molecule has 5 atom stereocenters. The average molecular weight is 784 g/mol. The summed E-state index contributed by atoms with van der Waals surface area (Å²) in [6.07, 6.45) is 0.222. The molecular formula is C45H61N5O7. The molecule has 12 nitrogen and oxygen atoms in total. The van der Waals surface area contributed by atoms with Crippen LogP contribution in [0.2, 0.25) is 0 Å². The molecule has 0 spiro atoms. The number of nitrogens with zero attached hydrogens (tertiary/aromatic N) is 3. The minimum absolute atomic E-state index is 0.00598. The van der Waals surface area contributed by atoms with Crippen molar-refractivity contribution in [3.63, 3.8) is 0 Å². The Morgan fingerprint density at radius 2 is 1.63 bits per heavy atom. The Morgan fingerprint density at radius 1 is 0.912 bits per heavy atom. The van der Waals surface area contributed by atoms with E-state index in [1.807, 2.05) is 105 Å². The minimum atomic E-state index is -0.949. The van der Waals surface area contributed by atoms with Crippen LogP contribution in [-0.4, -0.2) is 132 Å². The van der Waals surface area contributed by atoms with Crippen LogP contribution >= 0.6 is 0 Å². The van der Waals surface area contributed by atoms with E-state index in [2.05, 4.69) is 15.5 Å². The first-order valence-corrected chi connectivity index (χ1v) is 20.6. The van der Waals surface area contributed by atoms with Crippen molar-refractivity contribution in [2.45, 2.75) is 82.7 Å². The topological polar surface area (TPSA) is 144 Å². The number of piperazine rings is 1. The maximum atomic E-state index is 14.2. The summed E-state index contributed by atoms with van der Waals surface area (Å²) in [6.45, 7) is 11.6. The standard InChI is InChI=1S/C45H61N5O7/c1-45(2,3)47-44(55)39-31-50(41(53)18-15-32-9-5-4-6-10-32)20-19-49(39)30-36(51)28-35(43(54)46-42-38-12-8-7-11-34(38)29-40(42)52)27-33-13-16-37(17-14-33)57-26-23-48-21-24-56-25-22-48/h4-14,16-17,35-36,39-40,42,51-52H,15,18-31H2,1-3H3,(H,46,54)(H,47,55)/t35-,36+,39+,40-,42+/m1/s1. The van der Waals surface area contributed by atoms with Gasteiger partial charge in [-0.15, -0.1) is 0 Å². The molecular weight excluding hydrogens is 723 g/mol. The lowest BCUT2D eigenvalue weighted by molar-refractivity contribution is -0.139. The molecule has 0 aromatic heterocycles. The highest BCUT2D eigenvalue weighted by molar-refractivity contribution is 5.84. The quantitative estimate of drug-likeness (QED) is 0.172. The number of hydrogen-bond acceptors (Lipinski definition) is 9. The molecule has 57 heavy (non-hydrogen) atoms. The number of amides is 3. The molecule has 0 radical (unpaired) electrons. The summed E-state index contributed by atoms with van der Waals surface area (Å²) in [4.78, 5) is 47.3. The molecule has 0 unspecified atom stereocenters. The highest BCUT2D eigenvalue weighted by Crippen LogP contribution is 2.32. The summed E-state index contributed by atoms with van der Waals surface area (Å²) in [5.74, 6) is -0.345. The number of carbonyl (C=O) groups is 3. The SMILES string of the molecule is CC(C)(C)NC(=O)[C@@H]1CN(C(=O)CCc2ccccc2)CCN1C[C@@H](O)C[C@@H](Cc1ccc(OCCN2CCOCC2)cc1)C(=O)N[C@H]1c2ccccc2C[C@H]1O. The third-order valence-corrected chi connectivity index (χ3v) is 11.2. The second-order valence-electron chi connectivity index (χ2n) is 16.8. The first-order chi connectivity index (χ1) is 27.4. The second-order valence-corrected chi connectivity index (χ2v) is 16.8. The number of hydrogen-bond donors (Lipinski definition) is 4. The number of morpholine rings is 1. The van der Waals surface area contributed by atoms with Gasteiger partial charge in [0.05, 0.1) is 31.5 Å². The zero-order valence-electron chi connectivity index (χ0n) is 33.8. The van der Waals surface area contributed by atoms with Crippen molar-refractivity contribution in [1.82, 2.24) is 25.3 Å². The summed E-state index contributed by atoms with van der Waals surface area (Å²) in [7, 11) is 0. The number of carbonyl (C=O) groups excluding carboxylic acids is 3. The van der Waals surface area contributed by atoms with Crippen LogP contribution in [0, 0.1) is 5.92 Å². The molecule has 2 heterocycles. The van der Waals surface area contributed by atoms with Crippen molar-refractivity contribution in [2.24, 2.45) is 5.92 Å². The lowest BCUT2D eigenvalue weighted by Crippen LogP contribution is -2.62. The number of β-amino-alcohol motifs (C(OH)–C–C–N with tert-alkyl or cyclic N) is 1. The normalized spacial score (nSPS) is 21.4. The zero-order valence-corrected chi connectivity index (χ0v) is 33.8. The van der Waals surface area contributed by atoms with Gasteiger partial charge in [0.1, 0.15) is 18.4 Å². The number of benzene rings is 3. The number of ether oxygens (including phenoxy) is 2. The Kier molecular flexibility index (Phi) is 14.8. The van der Waals surface area contributed by atoms with E-state index in [1.54, 1.807) is 4.90 Å². The van der Waals surface area contributed by atoms with Crippen molar-refractivity contribution < 1.29 is 34.1 Å². The Bertz CT molecular complexity index is 1760. The van der Waals surface area contributed by atoms with Gasteiger partial charge >= 0.3 is 0 Å². The summed E-state index contributed by atoms with van der Waals surface area (Å²) >= 11 is 0. The summed E-state index contributed by atoms with van der Waals surface area (Å²) in [5, 5.41) is 28.9. The van der Waals surface area contributed by atoms with Crippen LogP contribution in [0.4, 0.5) is 0 Å². The summed E-state index contributed by atoms with van der Waals surface area (Å²) in [5.41, 5.74) is 3.43. The van der Waals surface area contributed by atoms with Gasteiger partial charge in [0.15, 0.2) is 0 Å². The number of aliphatic hydroxyl groups excluding tert-OH is 2. The molecule has 3 aromatic carbocycles. The predicted molar refractivity (Wildman–Crippen MR) is 219 cm³/mol. The third kappa shape index (κ3) is 12.3. The van der Waals surface area contributed by atoms with E-state index in [1.165, 1.54) is 0 Å². The van der Waals surface area contributed by atoms with Crippen LogP contribution in [0.25, 0.3) is 0 Å². The van der Waals surface area contributed by atoms with Crippen molar-refractivity contribution in [3.8, 4) is 5.75 Å². The largest absolute Gasteiger partial charge is 0.492 e. The van der Waals surface area contributed by atoms with Crippen molar-refractivity contribution >= 4 is 17.7 Å². The summed E-state index contributed by atoms with van der Waals surface area (Å²) < 4.78 is 11.5. The van der Waals surface area contributed by atoms with E-state index in [4.69, 9.17) is 9.47 Å². The molecule has 2 saturated heterocycles. The van der Waals surface area contributed by atoms with Crippen molar-refractivity contribution in [1.29, 1.82) is 0 Å².